The molecule has 1 rings (SSSR count). The van der Waals surface area contributed by atoms with E-state index in [2.05, 4.69) is 10.0 Å². The summed E-state index contributed by atoms with van der Waals surface area (Å²) >= 11 is 6.07. The Labute approximate surface area is 154 Å². The van der Waals surface area contributed by atoms with Gasteiger partial charge >= 0.3 is 0 Å². The van der Waals surface area contributed by atoms with Gasteiger partial charge in [-0.1, -0.05) is 25.4 Å². The highest BCUT2D eigenvalue weighted by Crippen LogP contribution is 2.27. The van der Waals surface area contributed by atoms with Gasteiger partial charge in [-0.05, 0) is 31.0 Å². The first-order valence-electron chi connectivity index (χ1n) is 7.86. The maximum absolute atomic E-state index is 12.2. The lowest BCUT2D eigenvalue weighted by Gasteiger charge is -2.14. The SMILES string of the molecule is COC[C@@H](C)NC(=O)COc1ccc(S(=O)(=O)NCC(C)C)cc1Cl. The van der Waals surface area contributed by atoms with Crippen molar-refractivity contribution in [1.82, 2.24) is 10.0 Å². The number of amides is 1. The summed E-state index contributed by atoms with van der Waals surface area (Å²) in [6.45, 7) is 6.11. The fraction of sp³-hybridized carbons (Fsp3) is 0.562. The number of ether oxygens (including phenoxy) is 2. The average Bonchev–Trinajstić information content (AvgIpc) is 2.52. The topological polar surface area (TPSA) is 93.7 Å². The molecule has 1 atom stereocenters. The minimum absolute atomic E-state index is 0.0451. The lowest BCUT2D eigenvalue weighted by atomic mass is 10.2. The first-order valence-corrected chi connectivity index (χ1v) is 9.72. The van der Waals surface area contributed by atoms with E-state index in [1.54, 1.807) is 14.0 Å². The van der Waals surface area contributed by atoms with Crippen molar-refractivity contribution in [2.75, 3.05) is 26.9 Å². The molecule has 0 aliphatic rings. The highest BCUT2D eigenvalue weighted by molar-refractivity contribution is 7.89. The summed E-state index contributed by atoms with van der Waals surface area (Å²) < 4.78 is 37.1. The van der Waals surface area contributed by atoms with Gasteiger partial charge in [0, 0.05) is 19.7 Å². The fourth-order valence-corrected chi connectivity index (χ4v) is 3.42. The zero-order valence-corrected chi connectivity index (χ0v) is 16.4. The number of benzene rings is 1. The van der Waals surface area contributed by atoms with Crippen LogP contribution < -0.4 is 14.8 Å². The molecule has 0 heterocycles. The standard InChI is InChI=1S/C16H25ClN2O5S/c1-11(2)8-18-25(21,22)13-5-6-15(14(17)7-13)24-10-16(20)19-12(3)9-23-4/h5-7,11-12,18H,8-10H2,1-4H3,(H,19,20)/t12-/m1/s1. The molecule has 9 heteroatoms. The normalized spacial score (nSPS) is 12.9. The second-order valence-corrected chi connectivity index (χ2v) is 8.22. The third-order valence-electron chi connectivity index (χ3n) is 3.08. The Morgan fingerprint density at radius 1 is 1.28 bits per heavy atom. The van der Waals surface area contributed by atoms with E-state index in [-0.39, 0.29) is 40.1 Å². The van der Waals surface area contributed by atoms with Crippen molar-refractivity contribution in [3.8, 4) is 5.75 Å². The largest absolute Gasteiger partial charge is 0.482 e. The molecule has 0 unspecified atom stereocenters. The predicted molar refractivity (Wildman–Crippen MR) is 96.5 cm³/mol. The highest BCUT2D eigenvalue weighted by atomic mass is 35.5. The number of halogens is 1. The summed E-state index contributed by atoms with van der Waals surface area (Å²) in [6.07, 6.45) is 0. The Bertz CT molecular complexity index is 679. The zero-order valence-electron chi connectivity index (χ0n) is 14.8. The number of carbonyl (C=O) groups is 1. The van der Waals surface area contributed by atoms with Crippen LogP contribution in [0.25, 0.3) is 0 Å². The first kappa shape index (κ1) is 21.7. The molecule has 0 bridgehead atoms. The smallest absolute Gasteiger partial charge is 0.258 e. The van der Waals surface area contributed by atoms with Gasteiger partial charge in [-0.15, -0.1) is 0 Å². The van der Waals surface area contributed by atoms with Crippen molar-refractivity contribution in [2.45, 2.75) is 31.7 Å². The number of hydrogen-bond donors (Lipinski definition) is 2. The van der Waals surface area contributed by atoms with Crippen molar-refractivity contribution in [2.24, 2.45) is 5.92 Å². The Morgan fingerprint density at radius 3 is 2.52 bits per heavy atom. The number of methoxy groups -OCH3 is 1. The molecule has 25 heavy (non-hydrogen) atoms. The van der Waals surface area contributed by atoms with Crippen LogP contribution in [-0.2, 0) is 19.6 Å². The maximum Gasteiger partial charge on any atom is 0.258 e. The molecular weight excluding hydrogens is 368 g/mol. The number of hydrogen-bond acceptors (Lipinski definition) is 5. The van der Waals surface area contributed by atoms with Crippen molar-refractivity contribution >= 4 is 27.5 Å². The quantitative estimate of drug-likeness (QED) is 0.633. The summed E-state index contributed by atoms with van der Waals surface area (Å²) in [4.78, 5) is 11.8. The Morgan fingerprint density at radius 2 is 1.96 bits per heavy atom. The van der Waals surface area contributed by atoms with Gasteiger partial charge in [-0.25, -0.2) is 13.1 Å². The minimum atomic E-state index is -3.63. The molecule has 0 aliphatic carbocycles. The number of carbonyl (C=O) groups excluding carboxylic acids is 1. The van der Waals surface area contributed by atoms with Crippen molar-refractivity contribution in [3.63, 3.8) is 0 Å². The van der Waals surface area contributed by atoms with E-state index in [0.717, 1.165) is 0 Å². The van der Waals surface area contributed by atoms with Crippen LogP contribution in [-0.4, -0.2) is 47.2 Å². The van der Waals surface area contributed by atoms with Crippen LogP contribution in [0.1, 0.15) is 20.8 Å². The Kier molecular flexibility index (Phi) is 8.64. The molecule has 1 aromatic carbocycles. The molecule has 0 aromatic heterocycles. The zero-order chi connectivity index (χ0) is 19.0. The third-order valence-corrected chi connectivity index (χ3v) is 4.79. The van der Waals surface area contributed by atoms with Crippen LogP contribution in [0.2, 0.25) is 5.02 Å². The maximum atomic E-state index is 12.2. The second kappa shape index (κ2) is 9.96. The first-order chi connectivity index (χ1) is 11.7. The van der Waals surface area contributed by atoms with Gasteiger partial charge in [0.2, 0.25) is 10.0 Å². The summed E-state index contributed by atoms with van der Waals surface area (Å²) in [6, 6.07) is 3.97. The van der Waals surface area contributed by atoms with Crippen LogP contribution in [0.4, 0.5) is 0 Å². The van der Waals surface area contributed by atoms with Crippen LogP contribution in [0.15, 0.2) is 23.1 Å². The van der Waals surface area contributed by atoms with Crippen LogP contribution in [0.5, 0.6) is 5.75 Å². The van der Waals surface area contributed by atoms with Crippen molar-refractivity contribution in [3.05, 3.63) is 23.2 Å². The Balaban J connectivity index is 2.68. The molecule has 0 saturated heterocycles. The van der Waals surface area contributed by atoms with Gasteiger partial charge in [0.15, 0.2) is 6.61 Å². The molecule has 142 valence electrons. The van der Waals surface area contributed by atoms with Crippen LogP contribution in [0.3, 0.4) is 0 Å². The molecule has 1 amide bonds. The monoisotopic (exact) mass is 392 g/mol. The van der Waals surface area contributed by atoms with Crippen molar-refractivity contribution < 1.29 is 22.7 Å². The van der Waals surface area contributed by atoms with Gasteiger partial charge in [-0.2, -0.15) is 0 Å². The third kappa shape index (κ3) is 7.60. The molecule has 0 radical (unpaired) electrons. The average molecular weight is 393 g/mol. The van der Waals surface area contributed by atoms with E-state index in [1.807, 2.05) is 13.8 Å². The summed E-state index contributed by atoms with van der Waals surface area (Å²) in [5, 5.41) is 2.81. The van der Waals surface area contributed by atoms with Gasteiger partial charge < -0.3 is 14.8 Å². The molecule has 0 spiro atoms. The van der Waals surface area contributed by atoms with E-state index in [9.17, 15) is 13.2 Å². The van der Waals surface area contributed by atoms with E-state index in [0.29, 0.717) is 13.2 Å². The second-order valence-electron chi connectivity index (χ2n) is 6.05. The molecule has 0 saturated carbocycles. The number of sulfonamides is 1. The van der Waals surface area contributed by atoms with E-state index < -0.39 is 10.0 Å². The summed E-state index contributed by atoms with van der Waals surface area (Å²) in [5.74, 6) is 0.0989. The van der Waals surface area contributed by atoms with Crippen molar-refractivity contribution in [1.29, 1.82) is 0 Å². The Hall–Kier alpha value is -1.35. The van der Waals surface area contributed by atoms with E-state index in [4.69, 9.17) is 21.1 Å². The van der Waals surface area contributed by atoms with E-state index in [1.165, 1.54) is 18.2 Å². The molecular formula is C16H25ClN2O5S. The summed E-state index contributed by atoms with van der Waals surface area (Å²) in [5.41, 5.74) is 0. The lowest BCUT2D eigenvalue weighted by molar-refractivity contribution is -0.124. The minimum Gasteiger partial charge on any atom is -0.482 e. The molecule has 2 N–H and O–H groups in total. The lowest BCUT2D eigenvalue weighted by Crippen LogP contribution is -2.38. The van der Waals surface area contributed by atoms with Crippen LogP contribution in [0, 0.1) is 5.92 Å². The van der Waals surface area contributed by atoms with Gasteiger partial charge in [-0.3, -0.25) is 4.79 Å². The van der Waals surface area contributed by atoms with Crippen LogP contribution >= 0.6 is 11.6 Å². The molecule has 1 aromatic rings. The fourth-order valence-electron chi connectivity index (χ4n) is 1.88. The highest BCUT2D eigenvalue weighted by Gasteiger charge is 2.17. The molecule has 0 aliphatic heterocycles. The van der Waals surface area contributed by atoms with Gasteiger partial charge in [0.1, 0.15) is 5.75 Å². The summed E-state index contributed by atoms with van der Waals surface area (Å²) in [7, 11) is -2.09. The molecule has 0 fully saturated rings. The van der Waals surface area contributed by atoms with Gasteiger partial charge in [0.25, 0.3) is 5.91 Å². The predicted octanol–water partition coefficient (Wildman–Crippen LogP) is 1.80. The number of rotatable bonds is 10. The number of nitrogens with one attached hydrogen (secondary N) is 2. The van der Waals surface area contributed by atoms with Gasteiger partial charge in [0.05, 0.1) is 16.5 Å². The van der Waals surface area contributed by atoms with E-state index >= 15 is 0 Å². The molecule has 7 nitrogen and oxygen atoms in total.